The summed E-state index contributed by atoms with van der Waals surface area (Å²) in [5.41, 5.74) is 5.04. The Morgan fingerprint density at radius 1 is 1.83 bits per heavy atom. The van der Waals surface area contributed by atoms with E-state index in [0.29, 0.717) is 6.42 Å². The highest BCUT2D eigenvalue weighted by Crippen LogP contribution is 2.05. The Hall–Kier alpha value is -1.36. The number of rotatable bonds is 3. The normalized spacial score (nSPS) is 11.5. The average Bonchev–Trinajstić information content (AvgIpc) is 2.51. The van der Waals surface area contributed by atoms with Crippen LogP contribution in [-0.4, -0.2) is 16.1 Å². The maximum Gasteiger partial charge on any atom is 0.351 e. The van der Waals surface area contributed by atoms with E-state index in [9.17, 15) is 4.79 Å². The Bertz CT molecular complexity index is 292. The van der Waals surface area contributed by atoms with Crippen LogP contribution in [0.25, 0.3) is 0 Å². The number of nitrogens with two attached hydrogens (primary N) is 1. The summed E-state index contributed by atoms with van der Waals surface area (Å²) < 4.78 is 0. The number of aromatic nitrogens is 1. The second-order valence-electron chi connectivity index (χ2n) is 2.09. The van der Waals surface area contributed by atoms with Gasteiger partial charge in [0.25, 0.3) is 0 Å². The molecule has 1 heterocycles. The maximum absolute atomic E-state index is 10.2. The first-order chi connectivity index (χ1) is 5.70. The summed E-state index contributed by atoms with van der Waals surface area (Å²) in [6, 6.07) is 0. The van der Waals surface area contributed by atoms with Crippen molar-refractivity contribution >= 4 is 17.3 Å². The largest absolute Gasteiger partial charge is 0.477 e. The van der Waals surface area contributed by atoms with Crippen molar-refractivity contribution in [3.8, 4) is 0 Å². The van der Waals surface area contributed by atoms with E-state index < -0.39 is 5.97 Å². The van der Waals surface area contributed by atoms with Gasteiger partial charge in [0.05, 0.1) is 5.01 Å². The zero-order valence-corrected chi connectivity index (χ0v) is 7.04. The van der Waals surface area contributed by atoms with Crippen molar-refractivity contribution in [3.05, 3.63) is 28.4 Å². The van der Waals surface area contributed by atoms with Crippen LogP contribution in [0, 0.1) is 0 Å². The van der Waals surface area contributed by atoms with E-state index in [1.165, 1.54) is 17.4 Å². The van der Waals surface area contributed by atoms with Gasteiger partial charge in [-0.05, 0) is 6.08 Å². The van der Waals surface area contributed by atoms with E-state index in [1.54, 1.807) is 6.20 Å². The van der Waals surface area contributed by atoms with Gasteiger partial charge in [-0.1, -0.05) is 0 Å². The number of allylic oxidation sites excluding steroid dienone is 1. The molecule has 0 aromatic carbocycles. The van der Waals surface area contributed by atoms with Crippen LogP contribution in [-0.2, 0) is 11.2 Å². The van der Waals surface area contributed by atoms with Crippen LogP contribution in [0.2, 0.25) is 0 Å². The fourth-order valence-electron chi connectivity index (χ4n) is 0.638. The second-order valence-corrected chi connectivity index (χ2v) is 3.07. The summed E-state index contributed by atoms with van der Waals surface area (Å²) in [5.74, 6) is -1.09. The van der Waals surface area contributed by atoms with Gasteiger partial charge in [-0.15, -0.1) is 11.3 Å². The minimum atomic E-state index is -1.09. The Morgan fingerprint density at radius 3 is 3.08 bits per heavy atom. The molecule has 0 amide bonds. The zero-order valence-electron chi connectivity index (χ0n) is 6.23. The van der Waals surface area contributed by atoms with Crippen molar-refractivity contribution < 1.29 is 9.90 Å². The summed E-state index contributed by atoms with van der Waals surface area (Å²) in [5, 5.41) is 11.1. The van der Waals surface area contributed by atoms with Crippen LogP contribution >= 0.6 is 11.3 Å². The maximum atomic E-state index is 10.2. The van der Waals surface area contributed by atoms with Gasteiger partial charge >= 0.3 is 5.97 Å². The molecule has 64 valence electrons. The highest BCUT2D eigenvalue weighted by molar-refractivity contribution is 7.09. The molecule has 0 saturated carbocycles. The van der Waals surface area contributed by atoms with Crippen LogP contribution in [0.3, 0.4) is 0 Å². The fraction of sp³-hybridized carbons (Fsp3) is 0.143. The quantitative estimate of drug-likeness (QED) is 0.675. The highest BCUT2D eigenvalue weighted by atomic mass is 32.1. The van der Waals surface area contributed by atoms with Crippen LogP contribution in [0.5, 0.6) is 0 Å². The molecular weight excluding hydrogens is 176 g/mol. The Labute approximate surface area is 73.4 Å². The molecule has 0 bridgehead atoms. The summed E-state index contributed by atoms with van der Waals surface area (Å²) in [4.78, 5) is 14.2. The molecule has 0 saturated heterocycles. The monoisotopic (exact) mass is 184 g/mol. The average molecular weight is 184 g/mol. The van der Waals surface area contributed by atoms with Crippen LogP contribution in [0.15, 0.2) is 23.3 Å². The van der Waals surface area contributed by atoms with Gasteiger partial charge < -0.3 is 10.8 Å². The second kappa shape index (κ2) is 3.87. The zero-order chi connectivity index (χ0) is 8.97. The minimum absolute atomic E-state index is 0.134. The molecule has 3 N–H and O–H groups in total. The fourth-order valence-corrected chi connectivity index (χ4v) is 1.22. The van der Waals surface area contributed by atoms with E-state index in [0.717, 1.165) is 5.01 Å². The lowest BCUT2D eigenvalue weighted by Crippen LogP contribution is -2.09. The molecule has 1 rings (SSSR count). The first-order valence-electron chi connectivity index (χ1n) is 3.27. The van der Waals surface area contributed by atoms with Gasteiger partial charge in [-0.2, -0.15) is 0 Å². The topological polar surface area (TPSA) is 76.2 Å². The molecule has 4 nitrogen and oxygen atoms in total. The molecule has 1 aromatic heterocycles. The number of hydrogen-bond acceptors (Lipinski definition) is 4. The van der Waals surface area contributed by atoms with Crippen LogP contribution in [0.1, 0.15) is 5.01 Å². The van der Waals surface area contributed by atoms with Crippen LogP contribution < -0.4 is 5.73 Å². The molecule has 5 heteroatoms. The van der Waals surface area contributed by atoms with Gasteiger partial charge in [-0.25, -0.2) is 9.78 Å². The van der Waals surface area contributed by atoms with Crippen molar-refractivity contribution in [1.29, 1.82) is 0 Å². The lowest BCUT2D eigenvalue weighted by atomic mass is 10.3. The first kappa shape index (κ1) is 8.73. The molecule has 0 fully saturated rings. The van der Waals surface area contributed by atoms with E-state index in [4.69, 9.17) is 10.8 Å². The number of thiazole rings is 1. The summed E-state index contributed by atoms with van der Waals surface area (Å²) in [6.45, 7) is 0. The summed E-state index contributed by atoms with van der Waals surface area (Å²) in [6.07, 6.45) is 3.60. The van der Waals surface area contributed by atoms with E-state index in [1.807, 2.05) is 5.38 Å². The molecular formula is C7H8N2O2S. The smallest absolute Gasteiger partial charge is 0.351 e. The van der Waals surface area contributed by atoms with Gasteiger partial charge in [0.15, 0.2) is 0 Å². The number of carboxylic acids is 1. The standard InChI is InChI=1S/C7H8N2O2S/c8-5(7(10)11)1-2-6-9-3-4-12-6/h1,3-4H,2,8H2,(H,10,11)/b5-1+. The minimum Gasteiger partial charge on any atom is -0.477 e. The lowest BCUT2D eigenvalue weighted by molar-refractivity contribution is -0.132. The molecule has 0 aliphatic carbocycles. The Morgan fingerprint density at radius 2 is 2.58 bits per heavy atom. The molecule has 0 radical (unpaired) electrons. The SMILES string of the molecule is N/C(=C/Cc1nccs1)C(=O)O. The molecule has 0 unspecified atom stereocenters. The third-order valence-electron chi connectivity index (χ3n) is 1.23. The van der Waals surface area contributed by atoms with E-state index in [-0.39, 0.29) is 5.70 Å². The van der Waals surface area contributed by atoms with E-state index in [2.05, 4.69) is 4.98 Å². The third kappa shape index (κ3) is 2.35. The number of hydrogen-bond donors (Lipinski definition) is 2. The van der Waals surface area contributed by atoms with Gasteiger partial charge in [0, 0.05) is 18.0 Å². The van der Waals surface area contributed by atoms with Crippen molar-refractivity contribution in [1.82, 2.24) is 4.98 Å². The molecule has 0 aliphatic heterocycles. The van der Waals surface area contributed by atoms with Gasteiger partial charge in [-0.3, -0.25) is 0 Å². The Balaban J connectivity index is 2.55. The summed E-state index contributed by atoms with van der Waals surface area (Å²) in [7, 11) is 0. The third-order valence-corrected chi connectivity index (χ3v) is 2.03. The molecule has 0 atom stereocenters. The highest BCUT2D eigenvalue weighted by Gasteiger charge is 2.00. The molecule has 0 spiro atoms. The molecule has 0 aliphatic rings. The Kier molecular flexibility index (Phi) is 2.82. The molecule has 12 heavy (non-hydrogen) atoms. The predicted molar refractivity (Wildman–Crippen MR) is 45.7 cm³/mol. The summed E-state index contributed by atoms with van der Waals surface area (Å²) >= 11 is 1.47. The predicted octanol–water partition coefficient (Wildman–Crippen LogP) is 0.613. The van der Waals surface area contributed by atoms with Crippen molar-refractivity contribution in [3.63, 3.8) is 0 Å². The van der Waals surface area contributed by atoms with Gasteiger partial charge in [0.1, 0.15) is 5.70 Å². The number of carbonyl (C=O) groups is 1. The van der Waals surface area contributed by atoms with Gasteiger partial charge in [0.2, 0.25) is 0 Å². The van der Waals surface area contributed by atoms with Crippen molar-refractivity contribution in [2.45, 2.75) is 6.42 Å². The number of aliphatic carboxylic acids is 1. The number of nitrogens with zero attached hydrogens (tertiary/aromatic N) is 1. The van der Waals surface area contributed by atoms with E-state index >= 15 is 0 Å². The molecule has 1 aromatic rings. The number of carboxylic acid groups (broad SMARTS) is 1. The van der Waals surface area contributed by atoms with Crippen molar-refractivity contribution in [2.24, 2.45) is 5.73 Å². The first-order valence-corrected chi connectivity index (χ1v) is 4.15. The lowest BCUT2D eigenvalue weighted by Gasteiger charge is -1.91. The van der Waals surface area contributed by atoms with Crippen LogP contribution in [0.4, 0.5) is 0 Å². The van der Waals surface area contributed by atoms with Crippen molar-refractivity contribution in [2.75, 3.05) is 0 Å².